The van der Waals surface area contributed by atoms with Gasteiger partial charge >= 0.3 is 23.9 Å². The Morgan fingerprint density at radius 2 is 0.855 bits per heavy atom. The van der Waals surface area contributed by atoms with Crippen LogP contribution >= 0.6 is 0 Å². The van der Waals surface area contributed by atoms with Crippen LogP contribution in [0.15, 0.2) is 98.6 Å². The average Bonchev–Trinajstić information content (AvgIpc) is 3.31. The van der Waals surface area contributed by atoms with E-state index in [1.54, 1.807) is 73.3 Å². The number of carbonyl (C=O) groups is 4. The van der Waals surface area contributed by atoms with Crippen LogP contribution in [0.25, 0.3) is 22.8 Å². The van der Waals surface area contributed by atoms with Gasteiger partial charge in [-0.05, 0) is 49.9 Å². The number of aromatic nitrogens is 4. The highest BCUT2D eigenvalue weighted by molar-refractivity contribution is 5.91. The van der Waals surface area contributed by atoms with Crippen LogP contribution in [-0.4, -0.2) is 96.0 Å². The van der Waals surface area contributed by atoms with E-state index in [-0.39, 0.29) is 24.3 Å². The van der Waals surface area contributed by atoms with Crippen LogP contribution < -0.4 is 9.47 Å². The van der Waals surface area contributed by atoms with Gasteiger partial charge in [0.2, 0.25) is 0 Å². The van der Waals surface area contributed by atoms with Gasteiger partial charge in [-0.25, -0.2) is 39.1 Å². The molecule has 0 aliphatic carbocycles. The Morgan fingerprint density at radius 1 is 0.516 bits per heavy atom. The maximum atomic E-state index is 13.1. The molecule has 2 aromatic heterocycles. The van der Waals surface area contributed by atoms with Crippen LogP contribution in [0.3, 0.4) is 0 Å². The molecule has 0 amide bonds. The first-order valence-electron chi connectivity index (χ1n) is 20.7. The summed E-state index contributed by atoms with van der Waals surface area (Å²) in [5.41, 5.74) is 1.82. The minimum atomic E-state index is -1.29. The van der Waals surface area contributed by atoms with Gasteiger partial charge in [0.15, 0.2) is 23.1 Å². The van der Waals surface area contributed by atoms with Crippen molar-refractivity contribution in [2.24, 2.45) is 0 Å². The molecule has 2 atom stereocenters. The summed E-state index contributed by atoms with van der Waals surface area (Å²) in [6.07, 6.45) is 15.4. The van der Waals surface area contributed by atoms with Crippen LogP contribution in [0.2, 0.25) is 0 Å². The molecule has 1 saturated heterocycles. The molecule has 1 fully saturated rings. The van der Waals surface area contributed by atoms with E-state index in [1.165, 1.54) is 0 Å². The average molecular weight is 853 g/mol. The molecule has 328 valence electrons. The summed E-state index contributed by atoms with van der Waals surface area (Å²) >= 11 is 0. The summed E-state index contributed by atoms with van der Waals surface area (Å²) in [5.74, 6) is -0.198. The van der Waals surface area contributed by atoms with Gasteiger partial charge in [-0.1, -0.05) is 75.9 Å². The highest BCUT2D eigenvalue weighted by atomic mass is 16.8. The first-order chi connectivity index (χ1) is 30.3. The second-order valence-corrected chi connectivity index (χ2v) is 13.9. The van der Waals surface area contributed by atoms with Crippen molar-refractivity contribution >= 4 is 23.9 Å². The smallest absolute Gasteiger partial charge is 0.340 e. The van der Waals surface area contributed by atoms with Crippen LogP contribution in [0.5, 0.6) is 11.5 Å². The monoisotopic (exact) mass is 852 g/mol. The van der Waals surface area contributed by atoms with Crippen molar-refractivity contribution in [3.8, 4) is 34.3 Å². The van der Waals surface area contributed by atoms with Gasteiger partial charge in [0.1, 0.15) is 0 Å². The first kappa shape index (κ1) is 46.5. The number of ether oxygens (including phenoxy) is 8. The van der Waals surface area contributed by atoms with E-state index in [0.29, 0.717) is 60.7 Å². The Morgan fingerprint density at radius 3 is 1.21 bits per heavy atom. The Labute approximate surface area is 360 Å². The number of hydrogen-bond donors (Lipinski definition) is 0. The van der Waals surface area contributed by atoms with Crippen LogP contribution in [-0.2, 0) is 38.0 Å². The lowest BCUT2D eigenvalue weighted by Gasteiger charge is -2.30. The van der Waals surface area contributed by atoms with Gasteiger partial charge in [0.25, 0.3) is 12.6 Å². The zero-order valence-corrected chi connectivity index (χ0v) is 34.7. The number of nitrogens with zero attached hydrogens (tertiary/aromatic N) is 4. The predicted octanol–water partition coefficient (Wildman–Crippen LogP) is 7.43. The van der Waals surface area contributed by atoms with E-state index in [1.807, 2.05) is 0 Å². The molecular weight excluding hydrogens is 801 g/mol. The molecule has 0 saturated carbocycles. The molecular formula is C46H52N4O12. The Bertz CT molecular complexity index is 1880. The third-order valence-electron chi connectivity index (χ3n) is 9.27. The van der Waals surface area contributed by atoms with E-state index in [0.717, 1.165) is 76.4 Å². The summed E-state index contributed by atoms with van der Waals surface area (Å²) < 4.78 is 43.8. The quantitative estimate of drug-likeness (QED) is 0.0262. The Kier molecular flexibility index (Phi) is 19.5. The third kappa shape index (κ3) is 15.8. The fraction of sp³-hybridized carbons (Fsp3) is 0.391. The lowest BCUT2D eigenvalue weighted by atomic mass is 10.1. The van der Waals surface area contributed by atoms with E-state index >= 15 is 0 Å². The number of unbranched alkanes of at least 4 members (excludes halogenated alkanes) is 8. The molecule has 16 nitrogen and oxygen atoms in total. The lowest BCUT2D eigenvalue weighted by Crippen LogP contribution is -2.44. The van der Waals surface area contributed by atoms with Crippen LogP contribution in [0.1, 0.15) is 84.9 Å². The highest BCUT2D eigenvalue weighted by Crippen LogP contribution is 2.23. The lowest BCUT2D eigenvalue weighted by molar-refractivity contribution is -0.288. The number of rotatable bonds is 26. The van der Waals surface area contributed by atoms with Crippen molar-refractivity contribution in [2.45, 2.75) is 76.8 Å². The number of benzene rings is 2. The number of hydrogen-bond acceptors (Lipinski definition) is 16. The van der Waals surface area contributed by atoms with Gasteiger partial charge < -0.3 is 37.9 Å². The largest absolute Gasteiger partial charge is 0.490 e. The minimum absolute atomic E-state index is 0.134. The Hall–Kier alpha value is -6.52. The zero-order valence-electron chi connectivity index (χ0n) is 34.7. The van der Waals surface area contributed by atoms with E-state index in [2.05, 4.69) is 33.1 Å². The molecule has 4 aromatic rings. The van der Waals surface area contributed by atoms with Gasteiger partial charge in [0.05, 0.1) is 75.6 Å². The summed E-state index contributed by atoms with van der Waals surface area (Å²) in [7, 11) is 0. The van der Waals surface area contributed by atoms with Gasteiger partial charge in [-0.3, -0.25) is 0 Å². The summed E-state index contributed by atoms with van der Waals surface area (Å²) in [5, 5.41) is 0. The molecule has 62 heavy (non-hydrogen) atoms. The van der Waals surface area contributed by atoms with E-state index < -0.39 is 36.5 Å². The maximum Gasteiger partial charge on any atom is 0.340 e. The maximum absolute atomic E-state index is 13.1. The van der Waals surface area contributed by atoms with Crippen molar-refractivity contribution in [3.63, 3.8) is 0 Å². The summed E-state index contributed by atoms with van der Waals surface area (Å²) in [6, 6.07) is 13.1. The van der Waals surface area contributed by atoms with Crippen molar-refractivity contribution in [2.75, 3.05) is 39.6 Å². The fourth-order valence-corrected chi connectivity index (χ4v) is 5.91. The number of esters is 4. The molecule has 1 aliphatic heterocycles. The van der Waals surface area contributed by atoms with E-state index in [4.69, 9.17) is 37.9 Å². The molecule has 1 aliphatic rings. The predicted molar refractivity (Wildman–Crippen MR) is 225 cm³/mol. The first-order valence-corrected chi connectivity index (χ1v) is 20.7. The van der Waals surface area contributed by atoms with Crippen molar-refractivity contribution < 1.29 is 57.1 Å². The van der Waals surface area contributed by atoms with Crippen LogP contribution in [0, 0.1) is 0 Å². The summed E-state index contributed by atoms with van der Waals surface area (Å²) in [4.78, 5) is 65.9. The molecule has 16 heteroatoms. The van der Waals surface area contributed by atoms with Crippen LogP contribution in [0.4, 0.5) is 0 Å². The second-order valence-electron chi connectivity index (χ2n) is 13.9. The minimum Gasteiger partial charge on any atom is -0.490 e. The molecule has 5 rings (SSSR count). The topological polar surface area (TPSA) is 194 Å². The van der Waals surface area contributed by atoms with Gasteiger partial charge in [0, 0.05) is 23.3 Å². The molecule has 0 N–H and O–H groups in total. The molecule has 0 radical (unpaired) electrons. The zero-order chi connectivity index (χ0) is 43.8. The van der Waals surface area contributed by atoms with E-state index in [9.17, 15) is 19.2 Å². The highest BCUT2D eigenvalue weighted by Gasteiger charge is 2.34. The van der Waals surface area contributed by atoms with Gasteiger partial charge in [-0.15, -0.1) is 0 Å². The van der Waals surface area contributed by atoms with Crippen molar-refractivity contribution in [1.82, 2.24) is 19.9 Å². The standard InChI is InChI=1S/C46H52N4O12/c1-3-39(51)57-25-13-9-5-7-11-23-55-37-29-47-41(48-30-37)33-15-19-35(20-16-33)43(53)61-45-46(60-28-27-59-45)62-44(54)36-21-17-34(18-22-36)42-49-31-38(32-50-42)56-24-12-8-6-10-14-26-58-40(52)4-2/h3-4,15-22,29-32,45-46H,1-2,5-14,23-28H2/t45-,46-/m1/s1. The Balaban J connectivity index is 1.00. The molecule has 0 spiro atoms. The second kappa shape index (κ2) is 26.0. The molecule has 3 heterocycles. The normalized spacial score (nSPS) is 14.5. The molecule has 2 aromatic carbocycles. The SMILES string of the molecule is C=CC(=O)OCCCCCCCOc1cnc(-c2ccc(C(=O)O[C@H]3OCCO[C@@H]3OC(=O)c3ccc(-c4ncc(OCCCCCCCOC(=O)C=C)cn4)cc3)cc2)nc1. The van der Waals surface area contributed by atoms with Crippen molar-refractivity contribution in [1.29, 1.82) is 0 Å². The van der Waals surface area contributed by atoms with Crippen molar-refractivity contribution in [3.05, 3.63) is 110 Å². The number of carbonyl (C=O) groups excluding carboxylic acids is 4. The fourth-order valence-electron chi connectivity index (χ4n) is 5.91. The summed E-state index contributed by atoms with van der Waals surface area (Å²) in [6.45, 7) is 8.88. The molecule has 0 bridgehead atoms. The van der Waals surface area contributed by atoms with Gasteiger partial charge in [-0.2, -0.15) is 0 Å². The molecule has 0 unspecified atom stereocenters. The third-order valence-corrected chi connectivity index (χ3v) is 9.27.